The van der Waals surface area contributed by atoms with Gasteiger partial charge in [-0.05, 0) is 19.9 Å². The molecule has 16 heavy (non-hydrogen) atoms. The Morgan fingerprint density at radius 2 is 2.44 bits per heavy atom. The molecular weight excluding hydrogens is 202 g/mol. The van der Waals surface area contributed by atoms with Gasteiger partial charge in [0.2, 0.25) is 5.88 Å². The van der Waals surface area contributed by atoms with Gasteiger partial charge in [0.1, 0.15) is 5.82 Å². The van der Waals surface area contributed by atoms with E-state index in [1.165, 1.54) is 0 Å². The predicted octanol–water partition coefficient (Wildman–Crippen LogP) is 1.28. The van der Waals surface area contributed by atoms with Gasteiger partial charge < -0.3 is 15.0 Å². The van der Waals surface area contributed by atoms with Crippen LogP contribution in [0.1, 0.15) is 13.8 Å². The van der Waals surface area contributed by atoms with E-state index in [9.17, 15) is 0 Å². The molecule has 88 valence electrons. The van der Waals surface area contributed by atoms with Crippen molar-refractivity contribution in [1.29, 1.82) is 0 Å². The van der Waals surface area contributed by atoms with Crippen LogP contribution < -0.4 is 15.0 Å². The van der Waals surface area contributed by atoms with Crippen LogP contribution in [0.15, 0.2) is 18.2 Å². The highest BCUT2D eigenvalue weighted by molar-refractivity contribution is 5.42. The molecule has 0 radical (unpaired) electrons. The summed E-state index contributed by atoms with van der Waals surface area (Å²) in [5, 5.41) is 3.37. The van der Waals surface area contributed by atoms with Crippen molar-refractivity contribution in [2.45, 2.75) is 19.9 Å². The number of piperazine rings is 1. The van der Waals surface area contributed by atoms with Crippen molar-refractivity contribution in [3.8, 4) is 5.88 Å². The van der Waals surface area contributed by atoms with Crippen LogP contribution in [0.3, 0.4) is 0 Å². The van der Waals surface area contributed by atoms with Crippen LogP contribution in [0, 0.1) is 0 Å². The molecule has 1 aromatic rings. The molecule has 0 aliphatic carbocycles. The van der Waals surface area contributed by atoms with Crippen LogP contribution >= 0.6 is 0 Å². The molecule has 1 saturated heterocycles. The minimum absolute atomic E-state index is 0.484. The van der Waals surface area contributed by atoms with Crippen LogP contribution in [0.25, 0.3) is 0 Å². The van der Waals surface area contributed by atoms with E-state index in [1.54, 1.807) is 0 Å². The summed E-state index contributed by atoms with van der Waals surface area (Å²) < 4.78 is 5.42. The van der Waals surface area contributed by atoms with Crippen LogP contribution in [0.2, 0.25) is 0 Å². The number of ether oxygens (including phenoxy) is 1. The van der Waals surface area contributed by atoms with E-state index in [4.69, 9.17) is 4.74 Å². The lowest BCUT2D eigenvalue weighted by atomic mass is 10.2. The maximum absolute atomic E-state index is 5.42. The van der Waals surface area contributed by atoms with E-state index in [2.05, 4.69) is 22.1 Å². The number of hydrogen-bond donors (Lipinski definition) is 1. The normalized spacial score (nSPS) is 20.9. The Bertz CT molecular complexity index is 343. The SMILES string of the molecule is CCOc1cccc(N2CCNCC2C)n1. The van der Waals surface area contributed by atoms with Crippen LogP contribution in [-0.4, -0.2) is 37.3 Å². The largest absolute Gasteiger partial charge is 0.478 e. The predicted molar refractivity (Wildman–Crippen MR) is 65.1 cm³/mol. The topological polar surface area (TPSA) is 37.4 Å². The van der Waals surface area contributed by atoms with Gasteiger partial charge >= 0.3 is 0 Å². The molecule has 1 atom stereocenters. The second kappa shape index (κ2) is 5.16. The molecule has 0 spiro atoms. The summed E-state index contributed by atoms with van der Waals surface area (Å²) in [6.07, 6.45) is 0. The average Bonchev–Trinajstić information content (AvgIpc) is 2.30. The number of nitrogens with one attached hydrogen (secondary N) is 1. The first kappa shape index (κ1) is 11.2. The summed E-state index contributed by atoms with van der Waals surface area (Å²) in [7, 11) is 0. The molecule has 2 heterocycles. The summed E-state index contributed by atoms with van der Waals surface area (Å²) in [6.45, 7) is 7.88. The van der Waals surface area contributed by atoms with Gasteiger partial charge in [0.15, 0.2) is 0 Å². The minimum Gasteiger partial charge on any atom is -0.478 e. The lowest BCUT2D eigenvalue weighted by Gasteiger charge is -2.34. The lowest BCUT2D eigenvalue weighted by Crippen LogP contribution is -2.50. The monoisotopic (exact) mass is 221 g/mol. The first-order valence-corrected chi connectivity index (χ1v) is 5.88. The third-order valence-corrected chi connectivity index (χ3v) is 2.80. The second-order valence-electron chi connectivity index (χ2n) is 4.01. The fourth-order valence-corrected chi connectivity index (χ4v) is 1.97. The molecule has 2 rings (SSSR count). The van der Waals surface area contributed by atoms with Crippen molar-refractivity contribution >= 4 is 5.82 Å². The van der Waals surface area contributed by atoms with Gasteiger partial charge in [-0.25, -0.2) is 0 Å². The zero-order chi connectivity index (χ0) is 11.4. The summed E-state index contributed by atoms with van der Waals surface area (Å²) >= 11 is 0. The molecule has 0 amide bonds. The van der Waals surface area contributed by atoms with E-state index < -0.39 is 0 Å². The Balaban J connectivity index is 2.15. The van der Waals surface area contributed by atoms with Crippen LogP contribution in [-0.2, 0) is 0 Å². The van der Waals surface area contributed by atoms with Gasteiger partial charge in [0, 0.05) is 31.7 Å². The van der Waals surface area contributed by atoms with Crippen molar-refractivity contribution in [1.82, 2.24) is 10.3 Å². The zero-order valence-corrected chi connectivity index (χ0v) is 9.94. The number of rotatable bonds is 3. The van der Waals surface area contributed by atoms with Gasteiger partial charge in [-0.1, -0.05) is 6.07 Å². The fraction of sp³-hybridized carbons (Fsp3) is 0.583. The second-order valence-corrected chi connectivity index (χ2v) is 4.01. The van der Waals surface area contributed by atoms with Gasteiger partial charge in [-0.2, -0.15) is 4.98 Å². The standard InChI is InChI=1S/C12H19N3O/c1-3-16-12-6-4-5-11(14-12)15-8-7-13-9-10(15)2/h4-6,10,13H,3,7-9H2,1-2H3. The van der Waals surface area contributed by atoms with Crippen LogP contribution in [0.5, 0.6) is 5.88 Å². The molecule has 0 aromatic carbocycles. The smallest absolute Gasteiger partial charge is 0.215 e. The molecule has 0 saturated carbocycles. The van der Waals surface area contributed by atoms with Crippen molar-refractivity contribution in [2.24, 2.45) is 0 Å². The lowest BCUT2D eigenvalue weighted by molar-refractivity contribution is 0.326. The van der Waals surface area contributed by atoms with Gasteiger partial charge in [0.25, 0.3) is 0 Å². The molecule has 1 aliphatic rings. The molecule has 0 bridgehead atoms. The summed E-state index contributed by atoms with van der Waals surface area (Å²) in [6, 6.07) is 6.44. The van der Waals surface area contributed by atoms with Gasteiger partial charge in [0.05, 0.1) is 6.61 Å². The highest BCUT2D eigenvalue weighted by atomic mass is 16.5. The Morgan fingerprint density at radius 3 is 3.19 bits per heavy atom. The third kappa shape index (κ3) is 2.44. The van der Waals surface area contributed by atoms with Gasteiger partial charge in [-0.3, -0.25) is 0 Å². The highest BCUT2D eigenvalue weighted by Crippen LogP contribution is 2.18. The first-order valence-electron chi connectivity index (χ1n) is 5.88. The molecule has 1 N–H and O–H groups in total. The maximum atomic E-state index is 5.42. The maximum Gasteiger partial charge on any atom is 0.215 e. The van der Waals surface area contributed by atoms with E-state index in [0.29, 0.717) is 18.5 Å². The molecular formula is C12H19N3O. The van der Waals surface area contributed by atoms with Crippen molar-refractivity contribution in [2.75, 3.05) is 31.1 Å². The Kier molecular flexibility index (Phi) is 3.62. The molecule has 1 aliphatic heterocycles. The average molecular weight is 221 g/mol. The van der Waals surface area contributed by atoms with Crippen molar-refractivity contribution in [3.63, 3.8) is 0 Å². The number of aromatic nitrogens is 1. The van der Waals surface area contributed by atoms with E-state index in [-0.39, 0.29) is 0 Å². The Morgan fingerprint density at radius 1 is 1.56 bits per heavy atom. The molecule has 1 aromatic heterocycles. The zero-order valence-electron chi connectivity index (χ0n) is 9.94. The highest BCUT2D eigenvalue weighted by Gasteiger charge is 2.19. The van der Waals surface area contributed by atoms with E-state index >= 15 is 0 Å². The minimum atomic E-state index is 0.484. The number of hydrogen-bond acceptors (Lipinski definition) is 4. The fourth-order valence-electron chi connectivity index (χ4n) is 1.97. The summed E-state index contributed by atoms with van der Waals surface area (Å²) in [4.78, 5) is 6.83. The summed E-state index contributed by atoms with van der Waals surface area (Å²) in [5.74, 6) is 1.73. The molecule has 4 heteroatoms. The van der Waals surface area contributed by atoms with Crippen molar-refractivity contribution < 1.29 is 4.74 Å². The Labute approximate surface area is 96.6 Å². The van der Waals surface area contributed by atoms with Gasteiger partial charge in [-0.15, -0.1) is 0 Å². The Hall–Kier alpha value is -1.29. The van der Waals surface area contributed by atoms with Crippen molar-refractivity contribution in [3.05, 3.63) is 18.2 Å². The summed E-state index contributed by atoms with van der Waals surface area (Å²) in [5.41, 5.74) is 0. The number of pyridine rings is 1. The third-order valence-electron chi connectivity index (χ3n) is 2.80. The number of nitrogens with zero attached hydrogens (tertiary/aromatic N) is 2. The first-order chi connectivity index (χ1) is 7.81. The number of anilines is 1. The quantitative estimate of drug-likeness (QED) is 0.834. The molecule has 1 unspecified atom stereocenters. The van der Waals surface area contributed by atoms with E-state index in [1.807, 2.05) is 25.1 Å². The van der Waals surface area contributed by atoms with Crippen LogP contribution in [0.4, 0.5) is 5.82 Å². The van der Waals surface area contributed by atoms with E-state index in [0.717, 1.165) is 25.5 Å². The molecule has 4 nitrogen and oxygen atoms in total. The molecule has 1 fully saturated rings.